The molecule has 0 aliphatic heterocycles. The van der Waals surface area contributed by atoms with E-state index in [9.17, 15) is 0 Å². The average Bonchev–Trinajstić information content (AvgIpc) is 1.91. The Bertz CT molecular complexity index is 162. The third-order valence-corrected chi connectivity index (χ3v) is 1.78. The maximum atomic E-state index is 2.15. The average molecular weight is 202 g/mol. The van der Waals surface area contributed by atoms with Gasteiger partial charge < -0.3 is 0 Å². The molecule has 0 unspecified atom stereocenters. The van der Waals surface area contributed by atoms with Crippen LogP contribution in [0.4, 0.5) is 0 Å². The molecule has 10 heavy (non-hydrogen) atoms. The third kappa shape index (κ3) is 3.31. The molecule has 1 rings (SSSR count). The van der Waals surface area contributed by atoms with E-state index in [2.05, 4.69) is 30.5 Å². The molecule has 0 amide bonds. The van der Waals surface area contributed by atoms with E-state index < -0.39 is 0 Å². The van der Waals surface area contributed by atoms with Crippen LogP contribution >= 0.6 is 11.8 Å². The summed E-state index contributed by atoms with van der Waals surface area (Å²) in [6, 6.07) is 10.5. The molecule has 0 nitrogen and oxygen atoms in total. The number of hydrogen-bond acceptors (Lipinski definition) is 1. The van der Waals surface area contributed by atoms with Crippen molar-refractivity contribution < 1.29 is 17.1 Å². The van der Waals surface area contributed by atoms with E-state index in [0.29, 0.717) is 0 Å². The van der Waals surface area contributed by atoms with E-state index in [1.807, 2.05) is 17.8 Å². The summed E-state index contributed by atoms with van der Waals surface area (Å²) >= 11 is 1.85. The summed E-state index contributed by atoms with van der Waals surface area (Å²) in [4.78, 5) is 0. The second kappa shape index (κ2) is 5.84. The van der Waals surface area contributed by atoms with Crippen LogP contribution in [0, 0.1) is 0 Å². The largest absolute Gasteiger partial charge is 0.161 e. The van der Waals surface area contributed by atoms with Gasteiger partial charge in [-0.3, -0.25) is 0 Å². The van der Waals surface area contributed by atoms with Gasteiger partial charge in [-0.1, -0.05) is 30.3 Å². The van der Waals surface area contributed by atoms with Gasteiger partial charge in [-0.05, 0) is 11.8 Å². The van der Waals surface area contributed by atoms with Crippen molar-refractivity contribution in [3.63, 3.8) is 0 Å². The van der Waals surface area contributed by atoms with Crippen LogP contribution in [-0.4, -0.2) is 6.26 Å². The zero-order valence-electron chi connectivity index (χ0n) is 5.80. The summed E-state index contributed by atoms with van der Waals surface area (Å²) in [6.07, 6.45) is 2.12. The first kappa shape index (κ1) is 10.1. The van der Waals surface area contributed by atoms with Crippen LogP contribution in [0.3, 0.4) is 0 Å². The van der Waals surface area contributed by atoms with Gasteiger partial charge in [-0.2, -0.15) is 11.8 Å². The summed E-state index contributed by atoms with van der Waals surface area (Å²) in [7, 11) is 0. The smallest absolute Gasteiger partial charge is 0.0181 e. The van der Waals surface area contributed by atoms with Gasteiger partial charge in [-0.15, -0.1) is 0 Å². The van der Waals surface area contributed by atoms with Crippen molar-refractivity contribution in [3.8, 4) is 0 Å². The SMILES string of the molecule is CSCc1ccccc1.[Cu]. The zero-order valence-corrected chi connectivity index (χ0v) is 7.56. The molecule has 0 aliphatic rings. The Balaban J connectivity index is 0.000000810. The molecule has 1 radical (unpaired) electrons. The van der Waals surface area contributed by atoms with Crippen LogP contribution in [0.15, 0.2) is 30.3 Å². The molecule has 2 heteroatoms. The molecule has 0 aliphatic carbocycles. The fraction of sp³-hybridized carbons (Fsp3) is 0.250. The summed E-state index contributed by atoms with van der Waals surface area (Å²) in [5, 5.41) is 0. The molecular weight excluding hydrogens is 192 g/mol. The number of benzene rings is 1. The Morgan fingerprint density at radius 2 is 1.80 bits per heavy atom. The summed E-state index contributed by atoms with van der Waals surface area (Å²) in [5.74, 6) is 1.13. The van der Waals surface area contributed by atoms with Gasteiger partial charge in [0, 0.05) is 22.8 Å². The van der Waals surface area contributed by atoms with Gasteiger partial charge in [0.2, 0.25) is 0 Å². The second-order valence-electron chi connectivity index (χ2n) is 1.92. The molecule has 0 N–H and O–H groups in total. The standard InChI is InChI=1S/C8H10S.Cu/c1-9-7-8-5-3-2-4-6-8;/h2-6H,7H2,1H3;. The predicted octanol–water partition coefficient (Wildman–Crippen LogP) is 2.55. The summed E-state index contributed by atoms with van der Waals surface area (Å²) < 4.78 is 0. The minimum absolute atomic E-state index is 0. The fourth-order valence-electron chi connectivity index (χ4n) is 0.741. The van der Waals surface area contributed by atoms with Crippen molar-refractivity contribution in [1.82, 2.24) is 0 Å². The van der Waals surface area contributed by atoms with Gasteiger partial charge in [-0.25, -0.2) is 0 Å². The van der Waals surface area contributed by atoms with Gasteiger partial charge in [0.15, 0.2) is 0 Å². The molecule has 0 spiro atoms. The first-order valence-electron chi connectivity index (χ1n) is 2.96. The van der Waals surface area contributed by atoms with E-state index in [-0.39, 0.29) is 17.1 Å². The monoisotopic (exact) mass is 201 g/mol. The normalized spacial score (nSPS) is 8.50. The number of thioether (sulfide) groups is 1. The number of hydrogen-bond donors (Lipinski definition) is 0. The van der Waals surface area contributed by atoms with E-state index in [1.54, 1.807) is 0 Å². The quantitative estimate of drug-likeness (QED) is 0.663. The molecule has 0 saturated heterocycles. The molecule has 1 aromatic rings. The van der Waals surface area contributed by atoms with E-state index in [4.69, 9.17) is 0 Å². The molecule has 59 valence electrons. The van der Waals surface area contributed by atoms with Crippen molar-refractivity contribution in [2.75, 3.05) is 6.26 Å². The van der Waals surface area contributed by atoms with Crippen LogP contribution in [0.5, 0.6) is 0 Å². The van der Waals surface area contributed by atoms with Crippen LogP contribution in [0.25, 0.3) is 0 Å². The van der Waals surface area contributed by atoms with Crippen molar-refractivity contribution in [3.05, 3.63) is 35.9 Å². The maximum absolute atomic E-state index is 2.15. The van der Waals surface area contributed by atoms with Crippen LogP contribution in [0.1, 0.15) is 5.56 Å². The summed E-state index contributed by atoms with van der Waals surface area (Å²) in [5.41, 5.74) is 1.41. The maximum Gasteiger partial charge on any atom is 0.0181 e. The molecule has 0 saturated carbocycles. The first-order chi connectivity index (χ1) is 4.43. The Labute approximate surface area is 76.9 Å². The van der Waals surface area contributed by atoms with Gasteiger partial charge in [0.1, 0.15) is 0 Å². The molecule has 0 atom stereocenters. The van der Waals surface area contributed by atoms with Gasteiger partial charge >= 0.3 is 0 Å². The molecule has 0 fully saturated rings. The van der Waals surface area contributed by atoms with Crippen molar-refractivity contribution >= 4 is 11.8 Å². The van der Waals surface area contributed by atoms with Gasteiger partial charge in [0.25, 0.3) is 0 Å². The molecular formula is C8H10CuS. The third-order valence-electron chi connectivity index (χ3n) is 1.15. The van der Waals surface area contributed by atoms with Crippen LogP contribution in [-0.2, 0) is 22.8 Å². The van der Waals surface area contributed by atoms with Crippen LogP contribution < -0.4 is 0 Å². The Hall–Kier alpha value is 0.0895. The van der Waals surface area contributed by atoms with E-state index in [0.717, 1.165) is 5.75 Å². The first-order valence-corrected chi connectivity index (χ1v) is 4.36. The topological polar surface area (TPSA) is 0 Å². The summed E-state index contributed by atoms with van der Waals surface area (Å²) in [6.45, 7) is 0. The second-order valence-corrected chi connectivity index (χ2v) is 2.78. The van der Waals surface area contributed by atoms with Crippen molar-refractivity contribution in [2.45, 2.75) is 5.75 Å². The van der Waals surface area contributed by atoms with Crippen molar-refractivity contribution in [2.24, 2.45) is 0 Å². The molecule has 0 bridgehead atoms. The Morgan fingerprint density at radius 1 is 1.20 bits per heavy atom. The van der Waals surface area contributed by atoms with E-state index >= 15 is 0 Å². The number of rotatable bonds is 2. The van der Waals surface area contributed by atoms with E-state index in [1.165, 1.54) is 5.56 Å². The minimum atomic E-state index is 0. The molecule has 0 heterocycles. The van der Waals surface area contributed by atoms with Crippen molar-refractivity contribution in [1.29, 1.82) is 0 Å². The zero-order chi connectivity index (χ0) is 6.53. The van der Waals surface area contributed by atoms with Crippen LogP contribution in [0.2, 0.25) is 0 Å². The Kier molecular flexibility index (Phi) is 5.90. The minimum Gasteiger partial charge on any atom is -0.161 e. The Morgan fingerprint density at radius 3 is 2.30 bits per heavy atom. The molecule has 0 aromatic heterocycles. The fourth-order valence-corrected chi connectivity index (χ4v) is 1.27. The predicted molar refractivity (Wildman–Crippen MR) is 43.7 cm³/mol. The molecule has 1 aromatic carbocycles. The van der Waals surface area contributed by atoms with Gasteiger partial charge in [0.05, 0.1) is 0 Å².